The van der Waals surface area contributed by atoms with Crippen LogP contribution in [0.1, 0.15) is 0 Å². The highest BCUT2D eigenvalue weighted by Crippen LogP contribution is 2.37. The molecule has 0 saturated heterocycles. The van der Waals surface area contributed by atoms with Crippen LogP contribution in [0.25, 0.3) is 0 Å². The topological polar surface area (TPSA) is 0 Å². The highest BCUT2D eigenvalue weighted by atomic mass is 32.5. The average Bonchev–Trinajstić information content (AvgIpc) is 1.37. The van der Waals surface area contributed by atoms with Gasteiger partial charge in [0.2, 0.25) is 0 Å². The molecule has 0 nitrogen and oxygen atoms in total. The number of hydrogen-bond donors (Lipinski definition) is 0. The second-order valence-electron chi connectivity index (χ2n) is 0.241. The van der Waals surface area contributed by atoms with Crippen LogP contribution in [0.5, 0.6) is 0 Å². The van der Waals surface area contributed by atoms with Gasteiger partial charge in [0, 0.05) is 0 Å². The van der Waals surface area contributed by atoms with Gasteiger partial charge in [0.1, 0.15) is 0 Å². The summed E-state index contributed by atoms with van der Waals surface area (Å²) < 4.78 is 0. The maximum atomic E-state index is 3.25. The molecule has 0 heterocycles. The van der Waals surface area contributed by atoms with Gasteiger partial charge >= 0.3 is 0 Å². The summed E-state index contributed by atoms with van der Waals surface area (Å²) >= 11 is 0. The monoisotopic (exact) mass is 128 g/mol. The zero-order valence-corrected chi connectivity index (χ0v) is 6.07. The molecule has 24 valence electrons. The van der Waals surface area contributed by atoms with Crippen molar-refractivity contribution in [2.45, 2.75) is 0 Å². The van der Waals surface area contributed by atoms with E-state index in [9.17, 15) is 0 Å². The van der Waals surface area contributed by atoms with Crippen molar-refractivity contribution in [2.24, 2.45) is 0 Å². The summed E-state index contributed by atoms with van der Waals surface area (Å²) in [4.78, 5) is 0. The minimum atomic E-state index is 0.943. The van der Waals surface area contributed by atoms with E-state index in [1.807, 2.05) is 0 Å². The summed E-state index contributed by atoms with van der Waals surface area (Å²) in [5, 5.41) is 0. The predicted molar refractivity (Wildman–Crippen MR) is 33.3 cm³/mol. The number of hydrogen-bond acceptors (Lipinski definition) is 0. The third-order valence-corrected chi connectivity index (χ3v) is 5.23. The fourth-order valence-corrected chi connectivity index (χ4v) is 0. The summed E-state index contributed by atoms with van der Waals surface area (Å²) in [7, 11) is 8.11. The lowest BCUT2D eigenvalue weighted by atomic mass is 29.5. The van der Waals surface area contributed by atoms with Crippen LogP contribution in [-0.4, -0.2) is 0 Å². The molecule has 4 heteroatoms. The Balaban J connectivity index is 2.30. The standard InChI is InChI=1S/H4P4/c1-3-4-2/h1,4H,2H2. The fraction of sp³-hybridized carbons (Fsp3) is 0. The molecule has 0 amide bonds. The van der Waals surface area contributed by atoms with Crippen LogP contribution in [0.2, 0.25) is 0 Å². The average molecular weight is 128 g/mol. The van der Waals surface area contributed by atoms with Gasteiger partial charge in [-0.1, -0.05) is 16.1 Å². The summed E-state index contributed by atoms with van der Waals surface area (Å²) in [5.74, 6) is 0. The van der Waals surface area contributed by atoms with Crippen molar-refractivity contribution in [1.82, 2.24) is 0 Å². The predicted octanol–water partition coefficient (Wildman–Crippen LogP) is 2.37. The molecule has 0 aromatic carbocycles. The van der Waals surface area contributed by atoms with Gasteiger partial charge in [-0.25, -0.2) is 0 Å². The first-order valence-electron chi connectivity index (χ1n) is 0.736. The van der Waals surface area contributed by atoms with Crippen molar-refractivity contribution in [3.63, 3.8) is 0 Å². The molecule has 2 atom stereocenters. The van der Waals surface area contributed by atoms with Crippen molar-refractivity contribution in [3.05, 3.63) is 0 Å². The summed E-state index contributed by atoms with van der Waals surface area (Å²) in [6, 6.07) is 0. The molecule has 0 saturated carbocycles. The fourth-order valence-electron chi connectivity index (χ4n) is 0. The normalized spacial score (nSPS) is 11.2. The van der Waals surface area contributed by atoms with E-state index >= 15 is 0 Å². The lowest BCUT2D eigenvalue weighted by Crippen LogP contribution is -0.648. The first kappa shape index (κ1) is 5.46. The Hall–Kier alpha value is 1.46. The van der Waals surface area contributed by atoms with E-state index in [0.29, 0.717) is 0 Å². The molecule has 0 radical (unpaired) electrons. The van der Waals surface area contributed by atoms with Crippen LogP contribution in [-0.2, 0) is 0 Å². The van der Waals surface area contributed by atoms with Gasteiger partial charge in [0.15, 0.2) is 0 Å². The minimum absolute atomic E-state index is 0.943. The summed E-state index contributed by atoms with van der Waals surface area (Å²) in [6.07, 6.45) is 0. The third kappa shape index (κ3) is 3.46. The molecule has 0 aliphatic carbocycles. The molecular weight excluding hydrogens is 124 g/mol. The first-order chi connectivity index (χ1) is 1.91. The van der Waals surface area contributed by atoms with Crippen LogP contribution in [0.15, 0.2) is 0 Å². The van der Waals surface area contributed by atoms with Gasteiger partial charge in [0.25, 0.3) is 0 Å². The summed E-state index contributed by atoms with van der Waals surface area (Å²) in [6.45, 7) is 0. The molecule has 0 bridgehead atoms. The van der Waals surface area contributed by atoms with Gasteiger partial charge in [0.05, 0.1) is 0 Å². The van der Waals surface area contributed by atoms with Gasteiger partial charge in [-0.05, 0) is 7.96 Å². The number of rotatable bonds is 1. The van der Waals surface area contributed by atoms with Crippen LogP contribution < -0.4 is 0 Å². The Bertz CT molecular complexity index is 14.0. The van der Waals surface area contributed by atoms with Crippen molar-refractivity contribution < 1.29 is 0 Å². The van der Waals surface area contributed by atoms with Crippen LogP contribution in [0, 0.1) is 0 Å². The van der Waals surface area contributed by atoms with Gasteiger partial charge < -0.3 is 0 Å². The Morgan fingerprint density at radius 1 is 2.00 bits per heavy atom. The summed E-state index contributed by atoms with van der Waals surface area (Å²) in [5.41, 5.74) is 0. The van der Waals surface area contributed by atoms with E-state index in [1.165, 1.54) is 7.56 Å². The molecular formula is H4P4. The molecule has 0 rings (SSSR count). The lowest BCUT2D eigenvalue weighted by molar-refractivity contribution is 5.41. The van der Waals surface area contributed by atoms with E-state index in [1.54, 1.807) is 0 Å². The van der Waals surface area contributed by atoms with E-state index in [4.69, 9.17) is 0 Å². The van der Waals surface area contributed by atoms with E-state index < -0.39 is 0 Å². The molecule has 0 N–H and O–H groups in total. The van der Waals surface area contributed by atoms with E-state index in [0.717, 1.165) is 7.96 Å². The Kier molecular flexibility index (Phi) is 6.09. The van der Waals surface area contributed by atoms with Crippen molar-refractivity contribution >= 4 is 33.0 Å². The highest BCUT2D eigenvalue weighted by molar-refractivity contribution is 8.43. The SMILES string of the molecule is P=PPP. The second kappa shape index (κ2) is 4.46. The molecule has 2 unspecified atom stereocenters. The van der Waals surface area contributed by atoms with E-state index in [2.05, 4.69) is 17.5 Å². The van der Waals surface area contributed by atoms with Gasteiger partial charge in [-0.3, -0.25) is 0 Å². The van der Waals surface area contributed by atoms with Gasteiger partial charge in [-0.15, -0.1) is 8.93 Å². The molecule has 0 aromatic heterocycles. The molecule has 0 aliphatic rings. The first-order valence-corrected chi connectivity index (χ1v) is 6.62. The molecule has 0 aromatic rings. The van der Waals surface area contributed by atoms with E-state index in [-0.39, 0.29) is 0 Å². The molecule has 0 fully saturated rings. The quantitative estimate of drug-likeness (QED) is 0.475. The molecule has 0 spiro atoms. The minimum Gasteiger partial charge on any atom is -0.105 e. The largest absolute Gasteiger partial charge is 0.105 e. The highest BCUT2D eigenvalue weighted by Gasteiger charge is 1.45. The smallest absolute Gasteiger partial charge is 0.0444 e. The zero-order chi connectivity index (χ0) is 3.41. The van der Waals surface area contributed by atoms with Crippen LogP contribution >= 0.6 is 33.0 Å². The maximum Gasteiger partial charge on any atom is -0.0444 e. The molecule has 4 heavy (non-hydrogen) atoms. The van der Waals surface area contributed by atoms with Crippen molar-refractivity contribution in [3.8, 4) is 0 Å². The Morgan fingerprint density at radius 2 is 2.25 bits per heavy atom. The Labute approximate surface area is 33.7 Å². The zero-order valence-electron chi connectivity index (χ0n) is 2.02. The van der Waals surface area contributed by atoms with Crippen molar-refractivity contribution in [1.29, 1.82) is 0 Å². The third-order valence-electron chi connectivity index (χ3n) is 0.0645. The second-order valence-corrected chi connectivity index (χ2v) is 6.50. The van der Waals surface area contributed by atoms with Crippen LogP contribution in [0.3, 0.4) is 0 Å². The molecule has 0 aliphatic heterocycles. The lowest BCUT2D eigenvalue weighted by Gasteiger charge is -1.57. The van der Waals surface area contributed by atoms with Crippen LogP contribution in [0.4, 0.5) is 0 Å². The Morgan fingerprint density at radius 3 is 2.25 bits per heavy atom. The maximum absolute atomic E-state index is 3.25. The van der Waals surface area contributed by atoms with Gasteiger partial charge in [-0.2, -0.15) is 0 Å². The van der Waals surface area contributed by atoms with Crippen molar-refractivity contribution in [2.75, 3.05) is 0 Å².